The first-order valence-corrected chi connectivity index (χ1v) is 4.97. The molecule has 0 saturated carbocycles. The Morgan fingerprint density at radius 2 is 1.75 bits per heavy atom. The molecule has 0 amide bonds. The molecule has 1 heterocycles. The summed E-state index contributed by atoms with van der Waals surface area (Å²) < 4.78 is 5.08. The van der Waals surface area contributed by atoms with E-state index in [1.165, 1.54) is 0 Å². The summed E-state index contributed by atoms with van der Waals surface area (Å²) in [6, 6.07) is 9.05. The predicted molar refractivity (Wildman–Crippen MR) is 61.1 cm³/mol. The average Bonchev–Trinajstić information content (AvgIpc) is 2.39. The number of rotatable bonds is 3. The summed E-state index contributed by atoms with van der Waals surface area (Å²) in [7, 11) is 1.63. The molecule has 0 aliphatic rings. The Hall–Kier alpha value is -1.94. The van der Waals surface area contributed by atoms with E-state index in [0.717, 1.165) is 11.3 Å². The van der Waals surface area contributed by atoms with E-state index in [1.54, 1.807) is 25.6 Å². The van der Waals surface area contributed by atoms with Gasteiger partial charge in [-0.15, -0.1) is 0 Å². The molecule has 0 aliphatic carbocycles. The normalized spacial score (nSPS) is 12.1. The highest BCUT2D eigenvalue weighted by atomic mass is 16.5. The van der Waals surface area contributed by atoms with Gasteiger partial charge in [0, 0.05) is 12.4 Å². The summed E-state index contributed by atoms with van der Waals surface area (Å²) in [5.74, 6) is 1.43. The Kier molecular flexibility index (Phi) is 3.12. The van der Waals surface area contributed by atoms with Crippen LogP contribution in [0.4, 0.5) is 0 Å². The van der Waals surface area contributed by atoms with Crippen molar-refractivity contribution >= 4 is 0 Å². The van der Waals surface area contributed by atoms with E-state index in [4.69, 9.17) is 10.5 Å². The fraction of sp³-hybridized carbons (Fsp3) is 0.167. The average molecular weight is 215 g/mol. The standard InChI is InChI=1S/C12H13N3O/c1-16-10-5-3-9(4-6-10)11(13)12-14-7-2-8-15-12/h2-8,11H,13H2,1H3/t11-/m0/s1. The highest BCUT2D eigenvalue weighted by Crippen LogP contribution is 2.18. The summed E-state index contributed by atoms with van der Waals surface area (Å²) in [6.45, 7) is 0. The molecular weight excluding hydrogens is 202 g/mol. The molecule has 2 aromatic rings. The third-order valence-corrected chi connectivity index (χ3v) is 2.34. The summed E-state index contributed by atoms with van der Waals surface area (Å²) >= 11 is 0. The molecule has 0 unspecified atom stereocenters. The predicted octanol–water partition coefficient (Wildman–Crippen LogP) is 1.53. The largest absolute Gasteiger partial charge is 0.497 e. The van der Waals surface area contributed by atoms with Gasteiger partial charge in [0.15, 0.2) is 0 Å². The molecule has 0 aliphatic heterocycles. The highest BCUT2D eigenvalue weighted by Gasteiger charge is 2.10. The van der Waals surface area contributed by atoms with Crippen molar-refractivity contribution in [1.29, 1.82) is 0 Å². The fourth-order valence-corrected chi connectivity index (χ4v) is 1.43. The van der Waals surface area contributed by atoms with E-state index >= 15 is 0 Å². The van der Waals surface area contributed by atoms with Gasteiger partial charge in [-0.2, -0.15) is 0 Å². The molecule has 2 N–H and O–H groups in total. The second-order valence-corrected chi connectivity index (χ2v) is 3.36. The lowest BCUT2D eigenvalue weighted by Crippen LogP contribution is -2.14. The lowest BCUT2D eigenvalue weighted by molar-refractivity contribution is 0.414. The van der Waals surface area contributed by atoms with Crippen LogP contribution < -0.4 is 10.5 Å². The Bertz CT molecular complexity index is 442. The van der Waals surface area contributed by atoms with Crippen molar-refractivity contribution in [3.8, 4) is 5.75 Å². The number of nitrogens with two attached hydrogens (primary N) is 1. The Morgan fingerprint density at radius 1 is 1.12 bits per heavy atom. The molecule has 0 fully saturated rings. The molecule has 16 heavy (non-hydrogen) atoms. The fourth-order valence-electron chi connectivity index (χ4n) is 1.43. The molecule has 1 atom stereocenters. The summed E-state index contributed by atoms with van der Waals surface area (Å²) in [5.41, 5.74) is 7.01. The molecule has 4 heteroatoms. The minimum Gasteiger partial charge on any atom is -0.497 e. The molecule has 0 radical (unpaired) electrons. The van der Waals surface area contributed by atoms with Gasteiger partial charge in [0.1, 0.15) is 11.6 Å². The molecule has 1 aromatic carbocycles. The second-order valence-electron chi connectivity index (χ2n) is 3.36. The van der Waals surface area contributed by atoms with E-state index in [0.29, 0.717) is 5.82 Å². The Labute approximate surface area is 94.1 Å². The van der Waals surface area contributed by atoms with Crippen LogP contribution in [0, 0.1) is 0 Å². The Morgan fingerprint density at radius 3 is 2.31 bits per heavy atom. The minimum atomic E-state index is -0.299. The van der Waals surface area contributed by atoms with Crippen LogP contribution in [0.15, 0.2) is 42.7 Å². The maximum absolute atomic E-state index is 6.04. The van der Waals surface area contributed by atoms with Gasteiger partial charge >= 0.3 is 0 Å². The molecule has 0 bridgehead atoms. The van der Waals surface area contributed by atoms with Crippen LogP contribution in [0.1, 0.15) is 17.4 Å². The van der Waals surface area contributed by atoms with Crippen molar-refractivity contribution < 1.29 is 4.74 Å². The van der Waals surface area contributed by atoms with Crippen molar-refractivity contribution in [2.45, 2.75) is 6.04 Å². The monoisotopic (exact) mass is 215 g/mol. The Balaban J connectivity index is 2.24. The van der Waals surface area contributed by atoms with Gasteiger partial charge in [-0.1, -0.05) is 12.1 Å². The lowest BCUT2D eigenvalue weighted by atomic mass is 10.1. The molecule has 1 aromatic heterocycles. The van der Waals surface area contributed by atoms with E-state index in [1.807, 2.05) is 24.3 Å². The number of nitrogens with zero attached hydrogens (tertiary/aromatic N) is 2. The van der Waals surface area contributed by atoms with Crippen molar-refractivity contribution in [1.82, 2.24) is 9.97 Å². The topological polar surface area (TPSA) is 61.0 Å². The van der Waals surface area contributed by atoms with Crippen LogP contribution in [-0.4, -0.2) is 17.1 Å². The number of aromatic nitrogens is 2. The van der Waals surface area contributed by atoms with Crippen molar-refractivity contribution in [2.75, 3.05) is 7.11 Å². The van der Waals surface area contributed by atoms with E-state index in [-0.39, 0.29) is 6.04 Å². The smallest absolute Gasteiger partial charge is 0.149 e. The van der Waals surface area contributed by atoms with Gasteiger partial charge < -0.3 is 10.5 Å². The van der Waals surface area contributed by atoms with Gasteiger partial charge in [-0.25, -0.2) is 9.97 Å². The molecule has 0 spiro atoms. The van der Waals surface area contributed by atoms with Crippen LogP contribution in [-0.2, 0) is 0 Å². The number of methoxy groups -OCH3 is 1. The molecule has 4 nitrogen and oxygen atoms in total. The minimum absolute atomic E-state index is 0.299. The zero-order chi connectivity index (χ0) is 11.4. The molecule has 2 rings (SSSR count). The van der Waals surface area contributed by atoms with Crippen LogP contribution in [0.3, 0.4) is 0 Å². The summed E-state index contributed by atoms with van der Waals surface area (Å²) in [5, 5.41) is 0. The van der Waals surface area contributed by atoms with E-state index in [9.17, 15) is 0 Å². The molecule has 0 saturated heterocycles. The number of benzene rings is 1. The van der Waals surface area contributed by atoms with Crippen molar-refractivity contribution in [2.24, 2.45) is 5.73 Å². The quantitative estimate of drug-likeness (QED) is 0.843. The summed E-state index contributed by atoms with van der Waals surface area (Å²) in [4.78, 5) is 8.26. The first kappa shape index (κ1) is 10.6. The van der Waals surface area contributed by atoms with Crippen LogP contribution in [0.2, 0.25) is 0 Å². The van der Waals surface area contributed by atoms with Crippen LogP contribution >= 0.6 is 0 Å². The third-order valence-electron chi connectivity index (χ3n) is 2.34. The second kappa shape index (κ2) is 4.72. The zero-order valence-electron chi connectivity index (χ0n) is 9.00. The van der Waals surface area contributed by atoms with E-state index in [2.05, 4.69) is 9.97 Å². The van der Waals surface area contributed by atoms with Crippen molar-refractivity contribution in [3.63, 3.8) is 0 Å². The van der Waals surface area contributed by atoms with Gasteiger partial charge in [-0.05, 0) is 23.8 Å². The lowest BCUT2D eigenvalue weighted by Gasteiger charge is -2.10. The number of hydrogen-bond donors (Lipinski definition) is 1. The van der Waals surface area contributed by atoms with Gasteiger partial charge in [0.2, 0.25) is 0 Å². The SMILES string of the molecule is COc1ccc([C@H](N)c2ncccn2)cc1. The van der Waals surface area contributed by atoms with Crippen LogP contribution in [0.25, 0.3) is 0 Å². The first-order chi connectivity index (χ1) is 7.81. The number of ether oxygens (including phenoxy) is 1. The molecular formula is C12H13N3O. The molecule has 82 valence electrons. The van der Waals surface area contributed by atoms with Gasteiger partial charge in [0.25, 0.3) is 0 Å². The maximum atomic E-state index is 6.04. The van der Waals surface area contributed by atoms with Crippen LogP contribution in [0.5, 0.6) is 5.75 Å². The van der Waals surface area contributed by atoms with Gasteiger partial charge in [-0.3, -0.25) is 0 Å². The zero-order valence-corrected chi connectivity index (χ0v) is 9.00. The maximum Gasteiger partial charge on any atom is 0.149 e. The number of hydrogen-bond acceptors (Lipinski definition) is 4. The first-order valence-electron chi connectivity index (χ1n) is 4.97. The van der Waals surface area contributed by atoms with E-state index < -0.39 is 0 Å². The van der Waals surface area contributed by atoms with Gasteiger partial charge in [0.05, 0.1) is 13.2 Å². The highest BCUT2D eigenvalue weighted by molar-refractivity contribution is 5.31. The van der Waals surface area contributed by atoms with Crippen molar-refractivity contribution in [3.05, 3.63) is 54.1 Å². The summed E-state index contributed by atoms with van der Waals surface area (Å²) in [6.07, 6.45) is 3.37. The third kappa shape index (κ3) is 2.17.